The minimum atomic E-state index is -4.37. The molecule has 0 saturated heterocycles. The fourth-order valence-electron chi connectivity index (χ4n) is 2.38. The second-order valence-corrected chi connectivity index (χ2v) is 5.97. The first-order chi connectivity index (χ1) is 9.37. The van der Waals surface area contributed by atoms with Crippen LogP contribution in [0.15, 0.2) is 11.4 Å². The van der Waals surface area contributed by atoms with Crippen LogP contribution in [-0.2, 0) is 11.2 Å². The Labute approximate surface area is 119 Å². The van der Waals surface area contributed by atoms with Crippen molar-refractivity contribution in [1.29, 1.82) is 0 Å². The van der Waals surface area contributed by atoms with Gasteiger partial charge in [-0.25, -0.2) is 0 Å². The molecule has 1 aliphatic rings. The van der Waals surface area contributed by atoms with Crippen molar-refractivity contribution in [3.63, 3.8) is 0 Å². The molecule has 0 spiro atoms. The molecule has 2 unspecified atom stereocenters. The van der Waals surface area contributed by atoms with Crippen molar-refractivity contribution >= 4 is 17.2 Å². The molecule has 2 atom stereocenters. The zero-order valence-electron chi connectivity index (χ0n) is 11.1. The minimum absolute atomic E-state index is 0.0524. The van der Waals surface area contributed by atoms with Gasteiger partial charge in [-0.15, -0.1) is 11.3 Å². The lowest BCUT2D eigenvalue weighted by Gasteiger charge is -2.26. The third-order valence-corrected chi connectivity index (χ3v) is 4.36. The van der Waals surface area contributed by atoms with Crippen LogP contribution in [0.3, 0.4) is 0 Å². The maximum Gasteiger partial charge on any atom is 0.405 e. The van der Waals surface area contributed by atoms with Crippen molar-refractivity contribution in [2.24, 2.45) is 0 Å². The van der Waals surface area contributed by atoms with Gasteiger partial charge in [0.05, 0.1) is 6.04 Å². The lowest BCUT2D eigenvalue weighted by Crippen LogP contribution is -2.46. The molecule has 0 fully saturated rings. The van der Waals surface area contributed by atoms with Crippen molar-refractivity contribution < 1.29 is 18.0 Å². The number of nitrogens with one attached hydrogen (secondary N) is 2. The fraction of sp³-hybridized carbons (Fsp3) is 0.615. The highest BCUT2D eigenvalue weighted by molar-refractivity contribution is 7.10. The normalized spacial score (nSPS) is 20.3. The molecule has 1 heterocycles. The number of halogens is 3. The van der Waals surface area contributed by atoms with Crippen molar-refractivity contribution in [2.45, 2.75) is 44.4 Å². The molecule has 7 heteroatoms. The van der Waals surface area contributed by atoms with Gasteiger partial charge in [-0.05, 0) is 43.2 Å². The Hall–Kier alpha value is -1.08. The van der Waals surface area contributed by atoms with Crippen LogP contribution in [0.2, 0.25) is 0 Å². The van der Waals surface area contributed by atoms with Gasteiger partial charge in [0.1, 0.15) is 6.54 Å². The van der Waals surface area contributed by atoms with Gasteiger partial charge in [-0.3, -0.25) is 10.1 Å². The van der Waals surface area contributed by atoms with Gasteiger partial charge in [0.15, 0.2) is 0 Å². The Morgan fingerprint density at radius 3 is 3.00 bits per heavy atom. The van der Waals surface area contributed by atoms with E-state index in [4.69, 9.17) is 0 Å². The molecule has 2 rings (SSSR count). The Morgan fingerprint density at radius 2 is 2.30 bits per heavy atom. The van der Waals surface area contributed by atoms with E-state index >= 15 is 0 Å². The van der Waals surface area contributed by atoms with Gasteiger partial charge in [-0.2, -0.15) is 13.2 Å². The van der Waals surface area contributed by atoms with E-state index in [-0.39, 0.29) is 6.04 Å². The maximum absolute atomic E-state index is 12.1. The van der Waals surface area contributed by atoms with Crippen LogP contribution >= 0.6 is 11.3 Å². The number of hydrogen-bond acceptors (Lipinski definition) is 3. The van der Waals surface area contributed by atoms with E-state index in [9.17, 15) is 18.0 Å². The summed E-state index contributed by atoms with van der Waals surface area (Å²) in [5.41, 5.74) is 1.18. The Balaban J connectivity index is 1.89. The second-order valence-electron chi connectivity index (χ2n) is 4.97. The molecule has 2 N–H and O–H groups in total. The third-order valence-electron chi connectivity index (χ3n) is 3.36. The number of rotatable bonds is 4. The smallest absolute Gasteiger partial charge is 0.346 e. The fourth-order valence-corrected chi connectivity index (χ4v) is 3.36. The van der Waals surface area contributed by atoms with E-state index in [2.05, 4.69) is 5.32 Å². The Bertz CT molecular complexity index is 472. The highest BCUT2D eigenvalue weighted by Crippen LogP contribution is 2.33. The van der Waals surface area contributed by atoms with Crippen LogP contribution in [0, 0.1) is 0 Å². The number of carbonyl (C=O) groups is 1. The number of hydrogen-bond donors (Lipinski definition) is 2. The quantitative estimate of drug-likeness (QED) is 0.898. The summed E-state index contributed by atoms with van der Waals surface area (Å²) in [7, 11) is 0. The Morgan fingerprint density at radius 1 is 1.55 bits per heavy atom. The summed E-state index contributed by atoms with van der Waals surface area (Å²) in [6.07, 6.45) is -1.40. The van der Waals surface area contributed by atoms with Gasteiger partial charge in [0.2, 0.25) is 5.91 Å². The van der Waals surface area contributed by atoms with E-state index < -0.39 is 24.7 Å². The number of fused-ring (bicyclic) bond motifs is 1. The predicted molar refractivity (Wildman–Crippen MR) is 71.7 cm³/mol. The summed E-state index contributed by atoms with van der Waals surface area (Å²) in [6.45, 7) is 0.304. The van der Waals surface area contributed by atoms with Gasteiger partial charge >= 0.3 is 6.18 Å². The highest BCUT2D eigenvalue weighted by Gasteiger charge is 2.30. The monoisotopic (exact) mass is 306 g/mol. The third kappa shape index (κ3) is 3.96. The summed E-state index contributed by atoms with van der Waals surface area (Å²) in [5.74, 6) is -0.621. The van der Waals surface area contributed by atoms with Gasteiger partial charge in [-0.1, -0.05) is 0 Å². The largest absolute Gasteiger partial charge is 0.405 e. The average Bonchev–Trinajstić information content (AvgIpc) is 2.84. The van der Waals surface area contributed by atoms with E-state index in [1.807, 2.05) is 16.8 Å². The molecule has 1 amide bonds. The SMILES string of the molecule is CC(NC1CCCc2sccc21)C(=O)NCC(F)(F)F. The molecule has 0 bridgehead atoms. The van der Waals surface area contributed by atoms with Gasteiger partial charge < -0.3 is 5.32 Å². The molecule has 20 heavy (non-hydrogen) atoms. The molecule has 1 aliphatic carbocycles. The summed E-state index contributed by atoms with van der Waals surface area (Å²) < 4.78 is 36.2. The number of thiophene rings is 1. The van der Waals surface area contributed by atoms with Crippen LogP contribution in [-0.4, -0.2) is 24.7 Å². The number of amides is 1. The molecule has 112 valence electrons. The van der Waals surface area contributed by atoms with Crippen LogP contribution in [0.4, 0.5) is 13.2 Å². The Kier molecular flexibility index (Phi) is 4.70. The highest BCUT2D eigenvalue weighted by atomic mass is 32.1. The lowest BCUT2D eigenvalue weighted by atomic mass is 9.93. The molecule has 0 radical (unpaired) electrons. The average molecular weight is 306 g/mol. The zero-order chi connectivity index (χ0) is 14.8. The number of alkyl halides is 3. The van der Waals surface area contributed by atoms with E-state index in [0.717, 1.165) is 19.3 Å². The van der Waals surface area contributed by atoms with Crippen LogP contribution in [0.25, 0.3) is 0 Å². The first-order valence-electron chi connectivity index (χ1n) is 6.53. The van der Waals surface area contributed by atoms with E-state index in [1.54, 1.807) is 18.3 Å². The van der Waals surface area contributed by atoms with Crippen LogP contribution in [0.5, 0.6) is 0 Å². The molecular weight excluding hydrogens is 289 g/mol. The molecule has 0 saturated carbocycles. The van der Waals surface area contributed by atoms with Crippen molar-refractivity contribution in [2.75, 3.05) is 6.54 Å². The first kappa shape index (κ1) is 15.3. The lowest BCUT2D eigenvalue weighted by molar-refractivity contribution is -0.139. The summed E-state index contributed by atoms with van der Waals surface area (Å²) in [5, 5.41) is 7.04. The summed E-state index contributed by atoms with van der Waals surface area (Å²) in [4.78, 5) is 12.9. The van der Waals surface area contributed by atoms with Crippen molar-refractivity contribution in [1.82, 2.24) is 10.6 Å². The molecule has 0 aromatic carbocycles. The van der Waals surface area contributed by atoms with Crippen LogP contribution < -0.4 is 10.6 Å². The van der Waals surface area contributed by atoms with Crippen molar-refractivity contribution in [3.05, 3.63) is 21.9 Å². The predicted octanol–water partition coefficient (Wildman–Crippen LogP) is 2.78. The number of aryl methyl sites for hydroxylation is 1. The minimum Gasteiger partial charge on any atom is -0.346 e. The first-order valence-corrected chi connectivity index (χ1v) is 7.41. The molecule has 0 aliphatic heterocycles. The standard InChI is InChI=1S/C13H17F3N2OS/c1-8(12(19)17-7-13(14,15)16)18-10-3-2-4-11-9(10)5-6-20-11/h5-6,8,10,18H,2-4,7H2,1H3,(H,17,19). The number of carbonyl (C=O) groups excluding carboxylic acids is 1. The van der Waals surface area contributed by atoms with E-state index in [0.29, 0.717) is 0 Å². The maximum atomic E-state index is 12.1. The van der Waals surface area contributed by atoms with Gasteiger partial charge in [0, 0.05) is 10.9 Å². The second kappa shape index (κ2) is 6.13. The zero-order valence-corrected chi connectivity index (χ0v) is 11.9. The summed E-state index contributed by atoms with van der Waals surface area (Å²) in [6, 6.07) is 1.43. The van der Waals surface area contributed by atoms with Gasteiger partial charge in [0.25, 0.3) is 0 Å². The van der Waals surface area contributed by atoms with E-state index in [1.165, 1.54) is 10.4 Å². The summed E-state index contributed by atoms with van der Waals surface area (Å²) >= 11 is 1.69. The molecule has 1 aromatic heterocycles. The topological polar surface area (TPSA) is 41.1 Å². The van der Waals surface area contributed by atoms with Crippen LogP contribution in [0.1, 0.15) is 36.2 Å². The molecule has 3 nitrogen and oxygen atoms in total. The van der Waals surface area contributed by atoms with Crippen molar-refractivity contribution in [3.8, 4) is 0 Å². The molecule has 1 aromatic rings. The molecular formula is C13H17F3N2OS.